The van der Waals surface area contributed by atoms with Crippen molar-refractivity contribution in [2.75, 3.05) is 26.2 Å². The van der Waals surface area contributed by atoms with Crippen LogP contribution in [0.4, 0.5) is 4.79 Å². The Hall–Kier alpha value is -4.17. The highest BCUT2D eigenvalue weighted by molar-refractivity contribution is 5.91. The molecule has 2 heterocycles. The number of benzene rings is 3. The molecule has 0 saturated carbocycles. The zero-order chi connectivity index (χ0) is 29.3. The molecular weight excluding hydrogens is 530 g/mol. The third-order valence-electron chi connectivity index (χ3n) is 9.18. The average Bonchev–Trinajstić information content (AvgIpc) is 3.55. The van der Waals surface area contributed by atoms with E-state index in [0.29, 0.717) is 45.4 Å². The van der Waals surface area contributed by atoms with E-state index in [9.17, 15) is 19.5 Å². The summed E-state index contributed by atoms with van der Waals surface area (Å²) in [6, 6.07) is 26.2. The molecule has 0 aromatic heterocycles. The van der Waals surface area contributed by atoms with Crippen LogP contribution < -0.4 is 5.32 Å². The van der Waals surface area contributed by atoms with Crippen molar-refractivity contribution >= 4 is 18.0 Å². The quantitative estimate of drug-likeness (QED) is 0.422. The van der Waals surface area contributed by atoms with Crippen molar-refractivity contribution in [3.63, 3.8) is 0 Å². The van der Waals surface area contributed by atoms with Gasteiger partial charge in [-0.1, -0.05) is 78.9 Å². The first-order valence-corrected chi connectivity index (χ1v) is 14.8. The van der Waals surface area contributed by atoms with Gasteiger partial charge in [-0.05, 0) is 54.0 Å². The molecule has 42 heavy (non-hydrogen) atoms. The standard InChI is InChI=1S/C34H37N3O5/c1-23-19-25(31(38)39)15-17-37(23)32(40)34(16-18-36(22-34)20-24-9-3-2-4-10-24)35-33(41)42-21-30-28-13-7-5-11-26(28)27-12-6-8-14-29(27)30/h2-14,23,25,30H,15-22H2,1H3,(H,35,41)(H,38,39). The van der Waals surface area contributed by atoms with Crippen LogP contribution in [0, 0.1) is 5.92 Å². The number of piperidine rings is 1. The van der Waals surface area contributed by atoms with Crippen molar-refractivity contribution in [1.82, 2.24) is 15.1 Å². The van der Waals surface area contributed by atoms with Gasteiger partial charge in [0.05, 0.1) is 5.92 Å². The van der Waals surface area contributed by atoms with Crippen LogP contribution >= 0.6 is 0 Å². The van der Waals surface area contributed by atoms with Gasteiger partial charge >= 0.3 is 12.1 Å². The Balaban J connectivity index is 1.19. The van der Waals surface area contributed by atoms with E-state index in [1.807, 2.05) is 49.4 Å². The number of fused-ring (bicyclic) bond motifs is 3. The highest BCUT2D eigenvalue weighted by Crippen LogP contribution is 2.44. The Bertz CT molecular complexity index is 1430. The van der Waals surface area contributed by atoms with Crippen molar-refractivity contribution < 1.29 is 24.2 Å². The number of carboxylic acid groups (broad SMARTS) is 1. The minimum Gasteiger partial charge on any atom is -0.481 e. The number of ether oxygens (including phenoxy) is 1. The molecule has 218 valence electrons. The normalized spacial score (nSPS) is 23.7. The van der Waals surface area contributed by atoms with Gasteiger partial charge in [-0.3, -0.25) is 14.5 Å². The van der Waals surface area contributed by atoms with Crippen molar-refractivity contribution in [2.45, 2.75) is 50.2 Å². The zero-order valence-electron chi connectivity index (χ0n) is 23.9. The van der Waals surface area contributed by atoms with Crippen molar-refractivity contribution in [3.05, 3.63) is 95.6 Å². The minimum atomic E-state index is -1.15. The number of carbonyl (C=O) groups is 3. The first-order chi connectivity index (χ1) is 20.3. The van der Waals surface area contributed by atoms with Crippen molar-refractivity contribution in [1.29, 1.82) is 0 Å². The van der Waals surface area contributed by atoms with Gasteiger partial charge in [0.1, 0.15) is 12.1 Å². The lowest BCUT2D eigenvalue weighted by Gasteiger charge is -2.41. The van der Waals surface area contributed by atoms with Crippen molar-refractivity contribution in [2.24, 2.45) is 5.92 Å². The molecule has 3 aromatic rings. The molecule has 6 rings (SSSR count). The summed E-state index contributed by atoms with van der Waals surface area (Å²) in [7, 11) is 0. The predicted molar refractivity (Wildman–Crippen MR) is 159 cm³/mol. The first kappa shape index (κ1) is 28.0. The lowest BCUT2D eigenvalue weighted by Crippen LogP contribution is -2.63. The van der Waals surface area contributed by atoms with E-state index in [2.05, 4.69) is 46.6 Å². The Morgan fingerprint density at radius 3 is 2.21 bits per heavy atom. The number of carboxylic acids is 1. The maximum Gasteiger partial charge on any atom is 0.408 e. The molecule has 8 heteroatoms. The van der Waals surface area contributed by atoms with Crippen LogP contribution in [0.3, 0.4) is 0 Å². The average molecular weight is 568 g/mol. The summed E-state index contributed by atoms with van der Waals surface area (Å²) in [5.41, 5.74) is 4.55. The van der Waals surface area contributed by atoms with E-state index in [1.54, 1.807) is 4.90 Å². The van der Waals surface area contributed by atoms with Crippen LogP contribution in [0.2, 0.25) is 0 Å². The summed E-state index contributed by atoms with van der Waals surface area (Å²) in [4.78, 5) is 43.2. The van der Waals surface area contributed by atoms with E-state index in [1.165, 1.54) is 0 Å². The number of nitrogens with one attached hydrogen (secondary N) is 1. The number of amides is 2. The number of rotatable bonds is 7. The summed E-state index contributed by atoms with van der Waals surface area (Å²) in [6.45, 7) is 4.08. The second-order valence-electron chi connectivity index (χ2n) is 11.9. The Morgan fingerprint density at radius 1 is 0.929 bits per heavy atom. The smallest absolute Gasteiger partial charge is 0.408 e. The molecule has 3 atom stereocenters. The molecule has 0 bridgehead atoms. The number of hydrogen-bond donors (Lipinski definition) is 2. The monoisotopic (exact) mass is 567 g/mol. The molecule has 0 spiro atoms. The van der Waals surface area contributed by atoms with Crippen LogP contribution in [0.1, 0.15) is 48.8 Å². The Morgan fingerprint density at radius 2 is 1.57 bits per heavy atom. The van der Waals surface area contributed by atoms with Gasteiger partial charge in [0, 0.05) is 38.1 Å². The van der Waals surface area contributed by atoms with Crippen LogP contribution in [0.25, 0.3) is 11.1 Å². The lowest BCUT2D eigenvalue weighted by molar-refractivity contribution is -0.149. The first-order valence-electron chi connectivity index (χ1n) is 14.8. The molecule has 0 radical (unpaired) electrons. The highest BCUT2D eigenvalue weighted by Gasteiger charge is 2.50. The fourth-order valence-corrected chi connectivity index (χ4v) is 7.00. The zero-order valence-corrected chi connectivity index (χ0v) is 23.9. The number of likely N-dealkylation sites (tertiary alicyclic amines) is 2. The van der Waals surface area contributed by atoms with E-state index >= 15 is 0 Å². The van der Waals surface area contributed by atoms with E-state index in [-0.39, 0.29) is 24.5 Å². The highest BCUT2D eigenvalue weighted by atomic mass is 16.5. The maximum absolute atomic E-state index is 14.2. The molecule has 3 aliphatic rings. The minimum absolute atomic E-state index is 0.0805. The number of hydrogen-bond acceptors (Lipinski definition) is 5. The molecule has 2 aliphatic heterocycles. The number of aliphatic carboxylic acids is 1. The van der Waals surface area contributed by atoms with Gasteiger partial charge in [-0.2, -0.15) is 0 Å². The van der Waals surface area contributed by atoms with Gasteiger partial charge in [0.25, 0.3) is 0 Å². The van der Waals surface area contributed by atoms with E-state index in [0.717, 1.165) is 27.8 Å². The molecule has 2 amide bonds. The summed E-state index contributed by atoms with van der Waals surface area (Å²) >= 11 is 0. The molecule has 2 fully saturated rings. The summed E-state index contributed by atoms with van der Waals surface area (Å²) in [5.74, 6) is -1.53. The SMILES string of the molecule is CC1CC(C(=O)O)CCN1C(=O)C1(NC(=O)OCC2c3ccccc3-c3ccccc32)CCN(Cc2ccccc2)C1. The summed E-state index contributed by atoms with van der Waals surface area (Å²) < 4.78 is 5.88. The van der Waals surface area contributed by atoms with Crippen LogP contribution in [0.5, 0.6) is 0 Å². The van der Waals surface area contributed by atoms with Crippen LogP contribution in [-0.2, 0) is 20.9 Å². The molecule has 3 aromatic carbocycles. The number of nitrogens with zero attached hydrogens (tertiary/aromatic N) is 2. The molecule has 2 saturated heterocycles. The van der Waals surface area contributed by atoms with Gasteiger partial charge in [-0.15, -0.1) is 0 Å². The molecule has 2 N–H and O–H groups in total. The molecule has 3 unspecified atom stereocenters. The predicted octanol–water partition coefficient (Wildman–Crippen LogP) is 4.88. The Kier molecular flexibility index (Phi) is 7.73. The fourth-order valence-electron chi connectivity index (χ4n) is 7.00. The van der Waals surface area contributed by atoms with Crippen LogP contribution in [-0.4, -0.2) is 70.7 Å². The topological polar surface area (TPSA) is 99.2 Å². The second-order valence-corrected chi connectivity index (χ2v) is 11.9. The number of carbonyl (C=O) groups excluding carboxylic acids is 2. The van der Waals surface area contributed by atoms with Gasteiger partial charge in [-0.25, -0.2) is 4.79 Å². The van der Waals surface area contributed by atoms with Gasteiger partial charge in [0.2, 0.25) is 5.91 Å². The molecular formula is C34H37N3O5. The third kappa shape index (κ3) is 5.39. The Labute approximate surface area is 246 Å². The lowest BCUT2D eigenvalue weighted by atomic mass is 9.88. The largest absolute Gasteiger partial charge is 0.481 e. The number of alkyl carbamates (subject to hydrolysis) is 1. The molecule has 1 aliphatic carbocycles. The van der Waals surface area contributed by atoms with Crippen LogP contribution in [0.15, 0.2) is 78.9 Å². The van der Waals surface area contributed by atoms with Gasteiger partial charge < -0.3 is 20.1 Å². The van der Waals surface area contributed by atoms with E-state index in [4.69, 9.17) is 4.74 Å². The third-order valence-corrected chi connectivity index (χ3v) is 9.18. The second kappa shape index (κ2) is 11.6. The van der Waals surface area contributed by atoms with Crippen molar-refractivity contribution in [3.8, 4) is 11.1 Å². The van der Waals surface area contributed by atoms with E-state index < -0.39 is 23.5 Å². The summed E-state index contributed by atoms with van der Waals surface area (Å²) in [5, 5.41) is 12.5. The maximum atomic E-state index is 14.2. The fraction of sp³-hybridized carbons (Fsp3) is 0.382. The van der Waals surface area contributed by atoms with Gasteiger partial charge in [0.15, 0.2) is 0 Å². The molecule has 8 nitrogen and oxygen atoms in total. The summed E-state index contributed by atoms with van der Waals surface area (Å²) in [6.07, 6.45) is 0.643.